The van der Waals surface area contributed by atoms with Crippen LogP contribution < -0.4 is 10.6 Å². The molecule has 0 atom stereocenters. The lowest BCUT2D eigenvalue weighted by atomic mass is 10.2. The zero-order chi connectivity index (χ0) is 16.1. The SMILES string of the molecule is CCOC(=O)Nc1ccc(Nc2cccc3cccnc23)cc1. The molecule has 1 aromatic heterocycles. The lowest BCUT2D eigenvalue weighted by Crippen LogP contribution is -2.13. The van der Waals surface area contributed by atoms with Crippen LogP contribution in [0.4, 0.5) is 21.9 Å². The summed E-state index contributed by atoms with van der Waals surface area (Å²) in [4.78, 5) is 15.8. The molecule has 116 valence electrons. The van der Waals surface area contributed by atoms with Crippen molar-refractivity contribution in [2.24, 2.45) is 0 Å². The monoisotopic (exact) mass is 307 g/mol. The zero-order valence-electron chi connectivity index (χ0n) is 12.7. The van der Waals surface area contributed by atoms with Crippen LogP contribution in [-0.4, -0.2) is 17.7 Å². The van der Waals surface area contributed by atoms with Gasteiger partial charge in [0.05, 0.1) is 17.8 Å². The number of pyridine rings is 1. The van der Waals surface area contributed by atoms with Gasteiger partial charge in [0, 0.05) is 23.0 Å². The van der Waals surface area contributed by atoms with Gasteiger partial charge < -0.3 is 10.1 Å². The van der Waals surface area contributed by atoms with E-state index >= 15 is 0 Å². The van der Waals surface area contributed by atoms with Gasteiger partial charge in [0.25, 0.3) is 0 Å². The van der Waals surface area contributed by atoms with Gasteiger partial charge in [-0.15, -0.1) is 0 Å². The summed E-state index contributed by atoms with van der Waals surface area (Å²) >= 11 is 0. The van der Waals surface area contributed by atoms with E-state index in [-0.39, 0.29) is 0 Å². The van der Waals surface area contributed by atoms with E-state index in [9.17, 15) is 4.79 Å². The highest BCUT2D eigenvalue weighted by Gasteiger charge is 2.04. The molecule has 0 radical (unpaired) electrons. The van der Waals surface area contributed by atoms with Gasteiger partial charge in [0.1, 0.15) is 0 Å². The maximum Gasteiger partial charge on any atom is 0.411 e. The Balaban J connectivity index is 1.76. The number of amides is 1. The minimum Gasteiger partial charge on any atom is -0.450 e. The highest BCUT2D eigenvalue weighted by molar-refractivity contribution is 5.92. The van der Waals surface area contributed by atoms with E-state index in [4.69, 9.17) is 4.74 Å². The van der Waals surface area contributed by atoms with Crippen molar-refractivity contribution in [1.82, 2.24) is 4.98 Å². The van der Waals surface area contributed by atoms with Gasteiger partial charge in [-0.1, -0.05) is 18.2 Å². The third-order valence-electron chi connectivity index (χ3n) is 3.32. The molecule has 2 N–H and O–H groups in total. The van der Waals surface area contributed by atoms with Crippen LogP contribution in [0.5, 0.6) is 0 Å². The number of nitrogens with one attached hydrogen (secondary N) is 2. The lowest BCUT2D eigenvalue weighted by Gasteiger charge is -2.10. The Morgan fingerprint density at radius 1 is 1.04 bits per heavy atom. The Hall–Kier alpha value is -3.08. The molecule has 0 unspecified atom stereocenters. The average molecular weight is 307 g/mol. The van der Waals surface area contributed by atoms with Crippen molar-refractivity contribution < 1.29 is 9.53 Å². The largest absolute Gasteiger partial charge is 0.450 e. The summed E-state index contributed by atoms with van der Waals surface area (Å²) in [7, 11) is 0. The molecule has 0 saturated carbocycles. The number of carbonyl (C=O) groups excluding carboxylic acids is 1. The van der Waals surface area contributed by atoms with Crippen LogP contribution in [0.25, 0.3) is 10.9 Å². The number of nitrogens with zero attached hydrogens (tertiary/aromatic N) is 1. The summed E-state index contributed by atoms with van der Waals surface area (Å²) in [6.07, 6.45) is 1.33. The van der Waals surface area contributed by atoms with E-state index in [0.717, 1.165) is 22.3 Å². The molecule has 0 aliphatic heterocycles. The van der Waals surface area contributed by atoms with Crippen molar-refractivity contribution in [3.05, 3.63) is 60.8 Å². The van der Waals surface area contributed by atoms with Gasteiger partial charge in [-0.25, -0.2) is 4.79 Å². The summed E-state index contributed by atoms with van der Waals surface area (Å²) in [6.45, 7) is 2.12. The second-order valence-corrected chi connectivity index (χ2v) is 4.93. The normalized spacial score (nSPS) is 10.3. The van der Waals surface area contributed by atoms with Crippen LogP contribution in [0.1, 0.15) is 6.92 Å². The number of para-hydroxylation sites is 1. The molecule has 2 aromatic carbocycles. The number of carbonyl (C=O) groups is 1. The number of anilines is 3. The van der Waals surface area contributed by atoms with E-state index in [1.807, 2.05) is 54.6 Å². The number of hydrogen-bond acceptors (Lipinski definition) is 4. The first-order valence-corrected chi connectivity index (χ1v) is 7.41. The Morgan fingerprint density at radius 3 is 2.57 bits per heavy atom. The molecule has 1 amide bonds. The quantitative estimate of drug-likeness (QED) is 0.742. The van der Waals surface area contributed by atoms with Gasteiger partial charge in [-0.2, -0.15) is 0 Å². The van der Waals surface area contributed by atoms with Crippen LogP contribution in [0, 0.1) is 0 Å². The van der Waals surface area contributed by atoms with E-state index in [1.165, 1.54) is 0 Å². The highest BCUT2D eigenvalue weighted by Crippen LogP contribution is 2.25. The van der Waals surface area contributed by atoms with Crippen molar-refractivity contribution in [2.75, 3.05) is 17.2 Å². The van der Waals surface area contributed by atoms with Crippen molar-refractivity contribution >= 4 is 34.1 Å². The smallest absolute Gasteiger partial charge is 0.411 e. The fourth-order valence-corrected chi connectivity index (χ4v) is 2.28. The van der Waals surface area contributed by atoms with Crippen molar-refractivity contribution in [3.63, 3.8) is 0 Å². The van der Waals surface area contributed by atoms with Crippen LogP contribution >= 0.6 is 0 Å². The average Bonchev–Trinajstić information content (AvgIpc) is 2.57. The van der Waals surface area contributed by atoms with Crippen molar-refractivity contribution in [3.8, 4) is 0 Å². The van der Waals surface area contributed by atoms with E-state index in [0.29, 0.717) is 12.3 Å². The van der Waals surface area contributed by atoms with Gasteiger partial charge in [-0.3, -0.25) is 10.3 Å². The fourth-order valence-electron chi connectivity index (χ4n) is 2.28. The topological polar surface area (TPSA) is 63.2 Å². The third-order valence-corrected chi connectivity index (χ3v) is 3.32. The van der Waals surface area contributed by atoms with Gasteiger partial charge >= 0.3 is 6.09 Å². The standard InChI is InChI=1S/C18H17N3O2/c1-2-23-18(22)21-15-10-8-14(9-11-15)20-16-7-3-5-13-6-4-12-19-17(13)16/h3-12,20H,2H2,1H3,(H,21,22). The second-order valence-electron chi connectivity index (χ2n) is 4.93. The molecule has 23 heavy (non-hydrogen) atoms. The minimum atomic E-state index is -0.452. The van der Waals surface area contributed by atoms with E-state index < -0.39 is 6.09 Å². The van der Waals surface area contributed by atoms with Crippen LogP contribution in [0.2, 0.25) is 0 Å². The van der Waals surface area contributed by atoms with Crippen molar-refractivity contribution in [2.45, 2.75) is 6.92 Å². The predicted molar refractivity (Wildman–Crippen MR) is 92.1 cm³/mol. The molecule has 0 saturated heterocycles. The third kappa shape index (κ3) is 3.58. The number of fused-ring (bicyclic) bond motifs is 1. The number of rotatable bonds is 4. The summed E-state index contributed by atoms with van der Waals surface area (Å²) in [5.74, 6) is 0. The van der Waals surface area contributed by atoms with Gasteiger partial charge in [-0.05, 0) is 43.3 Å². The maximum absolute atomic E-state index is 11.4. The highest BCUT2D eigenvalue weighted by atomic mass is 16.5. The number of hydrogen-bond donors (Lipinski definition) is 2. The molecular formula is C18H17N3O2. The van der Waals surface area contributed by atoms with E-state index in [2.05, 4.69) is 15.6 Å². The van der Waals surface area contributed by atoms with Gasteiger partial charge in [0.2, 0.25) is 0 Å². The molecule has 0 bridgehead atoms. The zero-order valence-corrected chi connectivity index (χ0v) is 12.7. The Labute approximate surface area is 134 Å². The summed E-state index contributed by atoms with van der Waals surface area (Å²) in [5, 5.41) is 7.09. The molecule has 1 heterocycles. The number of ether oxygens (including phenoxy) is 1. The van der Waals surface area contributed by atoms with Crippen LogP contribution in [0.15, 0.2) is 60.8 Å². The van der Waals surface area contributed by atoms with E-state index in [1.54, 1.807) is 13.1 Å². The Kier molecular flexibility index (Phi) is 4.38. The van der Waals surface area contributed by atoms with Crippen molar-refractivity contribution in [1.29, 1.82) is 0 Å². The molecule has 0 aliphatic rings. The van der Waals surface area contributed by atoms with Gasteiger partial charge in [0.15, 0.2) is 0 Å². The molecule has 5 heteroatoms. The fraction of sp³-hybridized carbons (Fsp3) is 0.111. The summed E-state index contributed by atoms with van der Waals surface area (Å²) < 4.78 is 4.85. The second kappa shape index (κ2) is 6.79. The number of benzene rings is 2. The lowest BCUT2D eigenvalue weighted by molar-refractivity contribution is 0.168. The molecule has 3 rings (SSSR count). The first kappa shape index (κ1) is 14.8. The van der Waals surface area contributed by atoms with Crippen LogP contribution in [-0.2, 0) is 4.74 Å². The summed E-state index contributed by atoms with van der Waals surface area (Å²) in [5.41, 5.74) is 3.46. The first-order chi connectivity index (χ1) is 11.3. The minimum absolute atomic E-state index is 0.347. The maximum atomic E-state index is 11.4. The Morgan fingerprint density at radius 2 is 1.78 bits per heavy atom. The molecule has 0 aliphatic carbocycles. The molecule has 5 nitrogen and oxygen atoms in total. The molecule has 0 fully saturated rings. The predicted octanol–water partition coefficient (Wildman–Crippen LogP) is 4.55. The van der Waals surface area contributed by atoms with Crippen LogP contribution in [0.3, 0.4) is 0 Å². The summed E-state index contributed by atoms with van der Waals surface area (Å²) in [6, 6.07) is 17.4. The Bertz CT molecular complexity index is 811. The first-order valence-electron chi connectivity index (χ1n) is 7.41. The number of aromatic nitrogens is 1. The molecular weight excluding hydrogens is 290 g/mol. The molecule has 0 spiro atoms. The molecule has 3 aromatic rings.